The molecule has 0 heterocycles. The number of ether oxygens (including phenoxy) is 1. The third kappa shape index (κ3) is 5.84. The SMILES string of the molecule is CCCNC(CN(C)CCOC)C1CCCC1. The third-order valence-corrected chi connectivity index (χ3v) is 3.81. The largest absolute Gasteiger partial charge is 0.383 e. The Bertz CT molecular complexity index is 181. The van der Waals surface area contributed by atoms with E-state index in [0.717, 1.165) is 32.2 Å². The van der Waals surface area contributed by atoms with E-state index in [1.165, 1.54) is 32.1 Å². The zero-order valence-corrected chi connectivity index (χ0v) is 11.9. The molecule has 1 unspecified atom stereocenters. The van der Waals surface area contributed by atoms with E-state index in [1.54, 1.807) is 7.11 Å². The van der Waals surface area contributed by atoms with Crippen LogP contribution in [-0.4, -0.2) is 51.3 Å². The predicted molar refractivity (Wildman–Crippen MR) is 73.4 cm³/mol. The van der Waals surface area contributed by atoms with Gasteiger partial charge in [0.2, 0.25) is 0 Å². The Balaban J connectivity index is 2.33. The van der Waals surface area contributed by atoms with Gasteiger partial charge in [0.25, 0.3) is 0 Å². The highest BCUT2D eigenvalue weighted by Crippen LogP contribution is 2.28. The summed E-state index contributed by atoms with van der Waals surface area (Å²) in [5.74, 6) is 0.895. The Hall–Kier alpha value is -0.120. The fraction of sp³-hybridized carbons (Fsp3) is 1.00. The normalized spacial score (nSPS) is 19.1. The first-order valence-electron chi connectivity index (χ1n) is 7.18. The van der Waals surface area contributed by atoms with Crippen LogP contribution >= 0.6 is 0 Å². The molecule has 1 atom stereocenters. The van der Waals surface area contributed by atoms with Crippen LogP contribution in [-0.2, 0) is 4.74 Å². The number of hydrogen-bond acceptors (Lipinski definition) is 3. The molecule has 1 saturated carbocycles. The lowest BCUT2D eigenvalue weighted by atomic mass is 9.97. The average molecular weight is 242 g/mol. The average Bonchev–Trinajstić information content (AvgIpc) is 2.85. The Morgan fingerprint density at radius 1 is 1.35 bits per heavy atom. The second-order valence-electron chi connectivity index (χ2n) is 5.36. The van der Waals surface area contributed by atoms with Gasteiger partial charge in [-0.05, 0) is 38.8 Å². The summed E-state index contributed by atoms with van der Waals surface area (Å²) in [6, 6.07) is 0.680. The summed E-state index contributed by atoms with van der Waals surface area (Å²) in [4.78, 5) is 2.40. The molecule has 1 aliphatic carbocycles. The lowest BCUT2D eigenvalue weighted by Gasteiger charge is -2.29. The van der Waals surface area contributed by atoms with E-state index >= 15 is 0 Å². The van der Waals surface area contributed by atoms with Crippen molar-refractivity contribution in [1.82, 2.24) is 10.2 Å². The van der Waals surface area contributed by atoms with Crippen molar-refractivity contribution in [2.45, 2.75) is 45.1 Å². The molecule has 0 aromatic rings. The molecule has 1 fully saturated rings. The zero-order chi connectivity index (χ0) is 12.5. The minimum absolute atomic E-state index is 0.680. The number of likely N-dealkylation sites (N-methyl/N-ethyl adjacent to an activating group) is 1. The first kappa shape index (κ1) is 14.9. The van der Waals surface area contributed by atoms with E-state index in [4.69, 9.17) is 4.74 Å². The number of rotatable bonds is 9. The molecule has 0 aromatic heterocycles. The highest BCUT2D eigenvalue weighted by atomic mass is 16.5. The Morgan fingerprint density at radius 3 is 2.65 bits per heavy atom. The lowest BCUT2D eigenvalue weighted by molar-refractivity contribution is 0.148. The molecular weight excluding hydrogens is 212 g/mol. The Labute approximate surface area is 107 Å². The molecule has 0 radical (unpaired) electrons. The van der Waals surface area contributed by atoms with Gasteiger partial charge in [-0.3, -0.25) is 0 Å². The smallest absolute Gasteiger partial charge is 0.0589 e. The molecule has 0 saturated heterocycles. The van der Waals surface area contributed by atoms with E-state index in [1.807, 2.05) is 0 Å². The monoisotopic (exact) mass is 242 g/mol. The van der Waals surface area contributed by atoms with Crippen LogP contribution in [0.25, 0.3) is 0 Å². The Morgan fingerprint density at radius 2 is 2.06 bits per heavy atom. The molecule has 102 valence electrons. The summed E-state index contributed by atoms with van der Waals surface area (Å²) in [6.07, 6.45) is 6.91. The molecule has 1 N–H and O–H groups in total. The summed E-state index contributed by atoms with van der Waals surface area (Å²) in [5, 5.41) is 3.74. The lowest BCUT2D eigenvalue weighted by Crippen LogP contribution is -2.44. The Kier molecular flexibility index (Phi) is 7.82. The van der Waals surface area contributed by atoms with Crippen LogP contribution in [0.3, 0.4) is 0 Å². The number of nitrogens with one attached hydrogen (secondary N) is 1. The summed E-state index contributed by atoms with van der Waals surface area (Å²) in [5.41, 5.74) is 0. The third-order valence-electron chi connectivity index (χ3n) is 3.81. The quantitative estimate of drug-likeness (QED) is 0.670. The predicted octanol–water partition coefficient (Wildman–Crippen LogP) is 2.12. The molecule has 1 rings (SSSR count). The highest BCUT2D eigenvalue weighted by Gasteiger charge is 2.25. The standard InChI is InChI=1S/C14H30N2O/c1-4-9-15-14(13-7-5-6-8-13)12-16(2)10-11-17-3/h13-15H,4-12H2,1-3H3. The molecular formula is C14H30N2O. The van der Waals surface area contributed by atoms with Gasteiger partial charge in [0, 0.05) is 26.2 Å². The van der Waals surface area contributed by atoms with Crippen molar-refractivity contribution in [3.8, 4) is 0 Å². The van der Waals surface area contributed by atoms with Crippen LogP contribution in [0, 0.1) is 5.92 Å². The maximum atomic E-state index is 5.14. The molecule has 3 nitrogen and oxygen atoms in total. The fourth-order valence-electron chi connectivity index (χ4n) is 2.74. The molecule has 1 aliphatic rings. The first-order valence-corrected chi connectivity index (χ1v) is 7.18. The first-order chi connectivity index (χ1) is 8.27. The molecule has 17 heavy (non-hydrogen) atoms. The van der Waals surface area contributed by atoms with Crippen LogP contribution in [0.5, 0.6) is 0 Å². The second-order valence-corrected chi connectivity index (χ2v) is 5.36. The van der Waals surface area contributed by atoms with Crippen molar-refractivity contribution in [1.29, 1.82) is 0 Å². The minimum Gasteiger partial charge on any atom is -0.383 e. The molecule has 0 bridgehead atoms. The van der Waals surface area contributed by atoms with Crippen molar-refractivity contribution >= 4 is 0 Å². The van der Waals surface area contributed by atoms with Gasteiger partial charge in [-0.1, -0.05) is 19.8 Å². The summed E-state index contributed by atoms with van der Waals surface area (Å²) < 4.78 is 5.14. The number of nitrogens with zero attached hydrogens (tertiary/aromatic N) is 1. The van der Waals surface area contributed by atoms with Crippen LogP contribution in [0.4, 0.5) is 0 Å². The van der Waals surface area contributed by atoms with Crippen molar-refractivity contribution in [3.05, 3.63) is 0 Å². The van der Waals surface area contributed by atoms with E-state index in [9.17, 15) is 0 Å². The second kappa shape index (κ2) is 8.90. The maximum Gasteiger partial charge on any atom is 0.0589 e. The molecule has 3 heteroatoms. The summed E-state index contributed by atoms with van der Waals surface area (Å²) in [7, 11) is 3.98. The molecule has 0 aliphatic heterocycles. The van der Waals surface area contributed by atoms with Crippen LogP contribution in [0.2, 0.25) is 0 Å². The summed E-state index contributed by atoms with van der Waals surface area (Å²) in [6.45, 7) is 6.43. The van der Waals surface area contributed by atoms with Crippen LogP contribution in [0.1, 0.15) is 39.0 Å². The van der Waals surface area contributed by atoms with Crippen molar-refractivity contribution in [2.75, 3.05) is 40.4 Å². The van der Waals surface area contributed by atoms with Crippen LogP contribution < -0.4 is 5.32 Å². The van der Waals surface area contributed by atoms with Crippen molar-refractivity contribution in [2.24, 2.45) is 5.92 Å². The molecule has 0 amide bonds. The van der Waals surface area contributed by atoms with Gasteiger partial charge in [0.1, 0.15) is 0 Å². The zero-order valence-electron chi connectivity index (χ0n) is 11.9. The fourth-order valence-corrected chi connectivity index (χ4v) is 2.74. The van der Waals surface area contributed by atoms with Gasteiger partial charge in [0.15, 0.2) is 0 Å². The topological polar surface area (TPSA) is 24.5 Å². The van der Waals surface area contributed by atoms with Gasteiger partial charge in [0.05, 0.1) is 6.61 Å². The van der Waals surface area contributed by atoms with Gasteiger partial charge < -0.3 is 15.0 Å². The van der Waals surface area contributed by atoms with E-state index < -0.39 is 0 Å². The molecule has 0 spiro atoms. The van der Waals surface area contributed by atoms with E-state index in [2.05, 4.69) is 24.2 Å². The van der Waals surface area contributed by atoms with Crippen molar-refractivity contribution < 1.29 is 4.74 Å². The van der Waals surface area contributed by atoms with Crippen molar-refractivity contribution in [3.63, 3.8) is 0 Å². The van der Waals surface area contributed by atoms with Gasteiger partial charge in [-0.25, -0.2) is 0 Å². The number of methoxy groups -OCH3 is 1. The van der Waals surface area contributed by atoms with Gasteiger partial charge in [-0.15, -0.1) is 0 Å². The van der Waals surface area contributed by atoms with Gasteiger partial charge in [-0.2, -0.15) is 0 Å². The van der Waals surface area contributed by atoms with Gasteiger partial charge >= 0.3 is 0 Å². The molecule has 0 aromatic carbocycles. The summed E-state index contributed by atoms with van der Waals surface area (Å²) >= 11 is 0. The van der Waals surface area contributed by atoms with Crippen LogP contribution in [0.15, 0.2) is 0 Å². The van der Waals surface area contributed by atoms with E-state index in [0.29, 0.717) is 6.04 Å². The van der Waals surface area contributed by atoms with E-state index in [-0.39, 0.29) is 0 Å². The maximum absolute atomic E-state index is 5.14. The minimum atomic E-state index is 0.680. The highest BCUT2D eigenvalue weighted by molar-refractivity contribution is 4.82. The number of hydrogen-bond donors (Lipinski definition) is 1.